The number of nitrogens with zero attached hydrogens (tertiary/aromatic N) is 6. The summed E-state index contributed by atoms with van der Waals surface area (Å²) in [7, 11) is 3.29. The zero-order valence-corrected chi connectivity index (χ0v) is 17.7. The molecule has 10 nitrogen and oxygen atoms in total. The van der Waals surface area contributed by atoms with Crippen LogP contribution in [0.2, 0.25) is 0 Å². The van der Waals surface area contributed by atoms with E-state index in [1.807, 2.05) is 36.2 Å². The summed E-state index contributed by atoms with van der Waals surface area (Å²) in [5, 5.41) is 20.7. The predicted octanol–water partition coefficient (Wildman–Crippen LogP) is 0.774. The number of likely N-dealkylation sites (N-methyl/N-ethyl adjacent to an activating group) is 1. The molecule has 0 aliphatic carbocycles. The van der Waals surface area contributed by atoms with Crippen molar-refractivity contribution in [2.45, 2.75) is 24.7 Å². The Hall–Kier alpha value is -2.35. The number of halogens is 1. The molecule has 3 heterocycles. The smallest absolute Gasteiger partial charge is 0.314 e. The molecule has 29 heavy (non-hydrogen) atoms. The van der Waals surface area contributed by atoms with Crippen molar-refractivity contribution in [2.24, 2.45) is 0 Å². The van der Waals surface area contributed by atoms with E-state index in [9.17, 15) is 15.0 Å². The maximum atomic E-state index is 10.9. The molecule has 4 rings (SSSR count). The van der Waals surface area contributed by atoms with Crippen LogP contribution < -0.4 is 4.90 Å². The molecule has 1 aliphatic rings. The third-order valence-electron chi connectivity index (χ3n) is 4.87. The van der Waals surface area contributed by atoms with Gasteiger partial charge in [-0.2, -0.15) is 0 Å². The highest BCUT2D eigenvalue weighted by Crippen LogP contribution is 2.34. The van der Waals surface area contributed by atoms with Gasteiger partial charge in [0.15, 0.2) is 29.4 Å². The molecular formula is C18H18IN6O4. The topological polar surface area (TPSA) is 117 Å². The van der Waals surface area contributed by atoms with E-state index >= 15 is 0 Å². The van der Waals surface area contributed by atoms with Crippen LogP contribution in [0, 0.1) is 3.57 Å². The molecule has 1 unspecified atom stereocenters. The first-order valence-corrected chi connectivity index (χ1v) is 9.79. The third kappa shape index (κ3) is 3.43. The van der Waals surface area contributed by atoms with E-state index in [2.05, 4.69) is 37.5 Å². The summed E-state index contributed by atoms with van der Waals surface area (Å²) in [6, 6.07) is 7.93. The van der Waals surface area contributed by atoms with E-state index in [1.54, 1.807) is 6.41 Å². The lowest BCUT2D eigenvalue weighted by Crippen LogP contribution is -2.41. The normalized spacial score (nSPS) is 24.0. The lowest BCUT2D eigenvalue weighted by Gasteiger charge is -2.21. The molecule has 151 valence electrons. The second kappa shape index (κ2) is 7.82. The SMILES string of the molecule is CN(c1cccc(I)c1)c1ncnc2c1ncn2C1O[C@H](N(C)[C]=O)[C@@H](O)[C@H]1O. The van der Waals surface area contributed by atoms with Gasteiger partial charge in [-0.3, -0.25) is 9.36 Å². The van der Waals surface area contributed by atoms with E-state index in [4.69, 9.17) is 4.74 Å². The van der Waals surface area contributed by atoms with E-state index in [0.29, 0.717) is 17.0 Å². The van der Waals surface area contributed by atoms with E-state index in [-0.39, 0.29) is 0 Å². The largest absolute Gasteiger partial charge is 0.385 e. The van der Waals surface area contributed by atoms with Gasteiger partial charge < -0.3 is 24.7 Å². The highest BCUT2D eigenvalue weighted by molar-refractivity contribution is 14.1. The van der Waals surface area contributed by atoms with Gasteiger partial charge in [0.05, 0.1) is 6.33 Å². The first-order valence-electron chi connectivity index (χ1n) is 8.71. The minimum atomic E-state index is -1.29. The zero-order valence-electron chi connectivity index (χ0n) is 15.5. The second-order valence-electron chi connectivity index (χ2n) is 6.66. The van der Waals surface area contributed by atoms with Crippen molar-refractivity contribution in [3.63, 3.8) is 0 Å². The highest BCUT2D eigenvalue weighted by atomic mass is 127. The number of rotatable bonds is 5. The number of aromatic nitrogens is 4. The molecule has 0 spiro atoms. The number of hydrogen-bond donors (Lipinski definition) is 2. The molecule has 1 aromatic carbocycles. The fourth-order valence-electron chi connectivity index (χ4n) is 3.32. The second-order valence-corrected chi connectivity index (χ2v) is 7.91. The van der Waals surface area contributed by atoms with Crippen molar-refractivity contribution in [2.75, 3.05) is 19.0 Å². The number of hydrogen-bond acceptors (Lipinski definition) is 8. The third-order valence-corrected chi connectivity index (χ3v) is 5.54. The molecule has 2 N–H and O–H groups in total. The van der Waals surface area contributed by atoms with Gasteiger partial charge in [0.2, 0.25) is 0 Å². The summed E-state index contributed by atoms with van der Waals surface area (Å²) in [5.41, 5.74) is 1.88. The quantitative estimate of drug-likeness (QED) is 0.383. The number of ether oxygens (including phenoxy) is 1. The molecule has 0 saturated carbocycles. The van der Waals surface area contributed by atoms with Crippen LogP contribution in [0.15, 0.2) is 36.9 Å². The Labute approximate surface area is 179 Å². The molecule has 1 saturated heterocycles. The van der Waals surface area contributed by atoms with Crippen molar-refractivity contribution in [1.82, 2.24) is 24.4 Å². The highest BCUT2D eigenvalue weighted by Gasteiger charge is 2.46. The van der Waals surface area contributed by atoms with Crippen molar-refractivity contribution in [1.29, 1.82) is 0 Å². The number of anilines is 2. The van der Waals surface area contributed by atoms with Gasteiger partial charge in [0, 0.05) is 23.4 Å². The van der Waals surface area contributed by atoms with Crippen LogP contribution in [0.3, 0.4) is 0 Å². The van der Waals surface area contributed by atoms with Crippen LogP contribution in [0.25, 0.3) is 11.2 Å². The maximum absolute atomic E-state index is 10.9. The average molecular weight is 509 g/mol. The van der Waals surface area contributed by atoms with Crippen LogP contribution in [-0.4, -0.2) is 73.6 Å². The molecule has 1 aliphatic heterocycles. The molecule has 4 atom stereocenters. The van der Waals surface area contributed by atoms with Gasteiger partial charge in [-0.05, 0) is 40.8 Å². The van der Waals surface area contributed by atoms with E-state index in [0.717, 1.165) is 14.2 Å². The molecule has 3 aromatic rings. The van der Waals surface area contributed by atoms with Crippen molar-refractivity contribution in [3.05, 3.63) is 40.5 Å². The summed E-state index contributed by atoms with van der Waals surface area (Å²) in [5.74, 6) is 0.582. The zero-order chi connectivity index (χ0) is 20.7. The van der Waals surface area contributed by atoms with E-state index in [1.165, 1.54) is 24.3 Å². The lowest BCUT2D eigenvalue weighted by atomic mass is 10.2. The van der Waals surface area contributed by atoms with Gasteiger partial charge >= 0.3 is 6.41 Å². The fourth-order valence-corrected chi connectivity index (χ4v) is 3.85. The first kappa shape index (κ1) is 19.9. The average Bonchev–Trinajstić information content (AvgIpc) is 3.28. The Morgan fingerprint density at radius 2 is 2.00 bits per heavy atom. The molecule has 1 amide bonds. The minimum Gasteiger partial charge on any atom is -0.385 e. The summed E-state index contributed by atoms with van der Waals surface area (Å²) in [4.78, 5) is 26.9. The van der Waals surface area contributed by atoms with Crippen LogP contribution in [0.1, 0.15) is 6.23 Å². The lowest BCUT2D eigenvalue weighted by molar-refractivity contribution is -0.0753. The first-order chi connectivity index (χ1) is 13.9. The van der Waals surface area contributed by atoms with Crippen molar-refractivity contribution in [3.8, 4) is 0 Å². The Morgan fingerprint density at radius 1 is 1.21 bits per heavy atom. The fraction of sp³-hybridized carbons (Fsp3) is 0.333. The van der Waals surface area contributed by atoms with Crippen LogP contribution in [-0.2, 0) is 9.53 Å². The number of carbonyl (C=O) groups excluding carboxylic acids is 1. The number of aliphatic hydroxyl groups excluding tert-OH is 2. The van der Waals surface area contributed by atoms with Gasteiger partial charge in [0.1, 0.15) is 18.5 Å². The van der Waals surface area contributed by atoms with Gasteiger partial charge in [-0.1, -0.05) is 6.07 Å². The number of aliphatic hydroxyl groups is 2. The van der Waals surface area contributed by atoms with Crippen molar-refractivity contribution >= 4 is 51.7 Å². The minimum absolute atomic E-state index is 0.433. The molecule has 11 heteroatoms. The molecule has 0 bridgehead atoms. The van der Waals surface area contributed by atoms with Crippen molar-refractivity contribution < 1.29 is 19.7 Å². The number of imidazole rings is 1. The number of benzene rings is 1. The summed E-state index contributed by atoms with van der Waals surface area (Å²) in [6.07, 6.45) is -0.0565. The Morgan fingerprint density at radius 3 is 2.72 bits per heavy atom. The van der Waals surface area contributed by atoms with Gasteiger partial charge in [0.25, 0.3) is 0 Å². The maximum Gasteiger partial charge on any atom is 0.314 e. The summed E-state index contributed by atoms with van der Waals surface area (Å²) in [6.45, 7) is 0. The Balaban J connectivity index is 1.72. The number of amides is 1. The molecular weight excluding hydrogens is 491 g/mol. The van der Waals surface area contributed by atoms with Gasteiger partial charge in [-0.15, -0.1) is 0 Å². The number of fused-ring (bicyclic) bond motifs is 1. The van der Waals surface area contributed by atoms with Crippen LogP contribution >= 0.6 is 22.6 Å². The van der Waals surface area contributed by atoms with Gasteiger partial charge in [-0.25, -0.2) is 15.0 Å². The summed E-state index contributed by atoms with van der Waals surface area (Å²) < 4.78 is 8.31. The monoisotopic (exact) mass is 509 g/mol. The molecule has 1 fully saturated rings. The van der Waals surface area contributed by atoms with Crippen LogP contribution in [0.5, 0.6) is 0 Å². The molecule has 1 radical (unpaired) electrons. The Kier molecular flexibility index (Phi) is 5.38. The van der Waals surface area contributed by atoms with E-state index < -0.39 is 24.7 Å². The van der Waals surface area contributed by atoms with Crippen LogP contribution in [0.4, 0.5) is 11.5 Å². The predicted molar refractivity (Wildman–Crippen MR) is 112 cm³/mol. The standard InChI is InChI=1S/C18H18IN6O4/c1-23(9-26)17-13(27)14(28)18(29-17)25-8-22-12-15(20-7-21-16(12)25)24(2)11-5-3-4-10(19)6-11/h3-8,13-14,17-18,27-28H,1-2H3/t13-,14+,17-,18?/m0/s1. The Bertz CT molecular complexity index is 1050. The summed E-state index contributed by atoms with van der Waals surface area (Å²) >= 11 is 2.24. The molecule has 2 aromatic heterocycles.